The molecule has 3 aromatic rings. The van der Waals surface area contributed by atoms with Gasteiger partial charge in [-0.05, 0) is 43.2 Å². The van der Waals surface area contributed by atoms with E-state index in [0.29, 0.717) is 23.0 Å². The number of benzene rings is 2. The molecule has 25 heavy (non-hydrogen) atoms. The molecular weight excluding hydrogens is 316 g/mol. The summed E-state index contributed by atoms with van der Waals surface area (Å²) in [6, 6.07) is 14.4. The highest BCUT2D eigenvalue weighted by molar-refractivity contribution is 5.94. The topological polar surface area (TPSA) is 76.9 Å². The number of carbonyl (C=O) groups excluding carboxylic acids is 1. The van der Waals surface area contributed by atoms with Gasteiger partial charge in [0.15, 0.2) is 0 Å². The highest BCUT2D eigenvalue weighted by atomic mass is 16.1. The van der Waals surface area contributed by atoms with E-state index in [2.05, 4.69) is 15.6 Å². The maximum absolute atomic E-state index is 12.5. The molecule has 1 heterocycles. The van der Waals surface area contributed by atoms with E-state index in [-0.39, 0.29) is 17.5 Å². The van der Waals surface area contributed by atoms with Crippen LogP contribution in [-0.2, 0) is 6.54 Å². The van der Waals surface area contributed by atoms with E-state index in [1.54, 1.807) is 30.3 Å². The third-order valence-corrected chi connectivity index (χ3v) is 4.17. The number of rotatable bonds is 5. The number of carbonyl (C=O) groups is 1. The number of aromatic nitrogens is 3. The largest absolute Gasteiger partial charge is 0.350 e. The predicted molar refractivity (Wildman–Crippen MR) is 96.6 cm³/mol. The number of nitrogens with zero attached hydrogens (tertiary/aromatic N) is 3. The Balaban J connectivity index is 1.79. The monoisotopic (exact) mass is 336 g/mol. The summed E-state index contributed by atoms with van der Waals surface area (Å²) in [5, 5.41) is 11.5. The molecule has 0 saturated heterocycles. The Bertz CT molecular complexity index is 948. The van der Waals surface area contributed by atoms with Crippen molar-refractivity contribution in [1.82, 2.24) is 20.3 Å². The van der Waals surface area contributed by atoms with Gasteiger partial charge in [-0.3, -0.25) is 9.59 Å². The van der Waals surface area contributed by atoms with Crippen LogP contribution in [0.5, 0.6) is 0 Å². The second-order valence-corrected chi connectivity index (χ2v) is 6.05. The Morgan fingerprint density at radius 2 is 1.88 bits per heavy atom. The molecule has 2 aromatic carbocycles. The highest BCUT2D eigenvalue weighted by Gasteiger charge is 2.09. The molecule has 0 unspecified atom stereocenters. The van der Waals surface area contributed by atoms with Gasteiger partial charge >= 0.3 is 0 Å². The molecule has 3 rings (SSSR count). The van der Waals surface area contributed by atoms with Crippen molar-refractivity contribution >= 4 is 16.8 Å². The third-order valence-electron chi connectivity index (χ3n) is 4.17. The number of hydrogen-bond acceptors (Lipinski definition) is 4. The molecule has 0 radical (unpaired) electrons. The molecule has 0 spiro atoms. The fourth-order valence-corrected chi connectivity index (χ4v) is 2.47. The van der Waals surface area contributed by atoms with Gasteiger partial charge in [0.2, 0.25) is 0 Å². The maximum atomic E-state index is 12.5. The Kier molecular flexibility index (Phi) is 4.88. The van der Waals surface area contributed by atoms with Crippen LogP contribution in [0.4, 0.5) is 0 Å². The predicted octanol–water partition coefficient (Wildman–Crippen LogP) is 2.37. The van der Waals surface area contributed by atoms with Gasteiger partial charge in [-0.2, -0.15) is 0 Å². The molecule has 0 aliphatic rings. The van der Waals surface area contributed by atoms with E-state index < -0.39 is 0 Å². The fraction of sp³-hybridized carbons (Fsp3) is 0.263. The zero-order valence-electron chi connectivity index (χ0n) is 14.3. The van der Waals surface area contributed by atoms with Crippen LogP contribution in [0.25, 0.3) is 10.9 Å². The summed E-state index contributed by atoms with van der Waals surface area (Å²) >= 11 is 0. The first-order valence-corrected chi connectivity index (χ1v) is 8.31. The molecule has 6 nitrogen and oxygen atoms in total. The summed E-state index contributed by atoms with van der Waals surface area (Å²) in [5.74, 6) is -0.0939. The number of fused-ring (bicyclic) bond motifs is 1. The first kappa shape index (κ1) is 16.8. The SMILES string of the molecule is CC[C@H](C)NC(=O)c1ccc(Cn2nnc3ccccc3c2=O)cc1. The van der Waals surface area contributed by atoms with E-state index >= 15 is 0 Å². The van der Waals surface area contributed by atoms with Crippen LogP contribution in [-0.4, -0.2) is 26.9 Å². The summed E-state index contributed by atoms with van der Waals surface area (Å²) < 4.78 is 1.33. The lowest BCUT2D eigenvalue weighted by molar-refractivity contribution is 0.0939. The molecule has 0 aliphatic carbocycles. The lowest BCUT2D eigenvalue weighted by Crippen LogP contribution is -2.31. The Hall–Kier alpha value is -3.02. The summed E-state index contributed by atoms with van der Waals surface area (Å²) in [4.78, 5) is 24.6. The molecular formula is C19H20N4O2. The van der Waals surface area contributed by atoms with Gasteiger partial charge in [-0.1, -0.05) is 36.4 Å². The molecule has 0 fully saturated rings. The van der Waals surface area contributed by atoms with Crippen LogP contribution < -0.4 is 10.9 Å². The van der Waals surface area contributed by atoms with Crippen molar-refractivity contribution in [2.24, 2.45) is 0 Å². The lowest BCUT2D eigenvalue weighted by Gasteiger charge is -2.11. The number of nitrogens with one attached hydrogen (secondary N) is 1. The van der Waals surface area contributed by atoms with Gasteiger partial charge < -0.3 is 5.32 Å². The van der Waals surface area contributed by atoms with Crippen LogP contribution in [0.2, 0.25) is 0 Å². The van der Waals surface area contributed by atoms with Crippen LogP contribution in [0.3, 0.4) is 0 Å². The highest BCUT2D eigenvalue weighted by Crippen LogP contribution is 2.08. The standard InChI is InChI=1S/C19H20N4O2/c1-3-13(2)20-18(24)15-10-8-14(9-11-15)12-23-19(25)16-6-4-5-7-17(16)21-22-23/h4-11,13H,3,12H2,1-2H3,(H,20,24)/t13-/m0/s1. The second kappa shape index (κ2) is 7.25. The van der Waals surface area contributed by atoms with Crippen molar-refractivity contribution in [3.05, 3.63) is 70.0 Å². The van der Waals surface area contributed by atoms with E-state index in [1.807, 2.05) is 32.0 Å². The molecule has 1 amide bonds. The molecule has 0 bridgehead atoms. The fourth-order valence-electron chi connectivity index (χ4n) is 2.47. The third kappa shape index (κ3) is 3.74. The van der Waals surface area contributed by atoms with Gasteiger partial charge in [-0.25, -0.2) is 4.68 Å². The molecule has 1 atom stereocenters. The van der Waals surface area contributed by atoms with Crippen molar-refractivity contribution in [3.63, 3.8) is 0 Å². The van der Waals surface area contributed by atoms with Crippen molar-refractivity contribution in [1.29, 1.82) is 0 Å². The van der Waals surface area contributed by atoms with Crippen LogP contribution >= 0.6 is 0 Å². The minimum atomic E-state index is -0.177. The van der Waals surface area contributed by atoms with Crippen molar-refractivity contribution < 1.29 is 4.79 Å². The molecule has 0 saturated carbocycles. The van der Waals surface area contributed by atoms with Crippen molar-refractivity contribution in [2.45, 2.75) is 32.9 Å². The Labute approximate surface area is 145 Å². The molecule has 0 aliphatic heterocycles. The summed E-state index contributed by atoms with van der Waals surface area (Å²) in [6.07, 6.45) is 0.882. The molecule has 128 valence electrons. The number of hydrogen-bond donors (Lipinski definition) is 1. The van der Waals surface area contributed by atoms with E-state index in [0.717, 1.165) is 12.0 Å². The van der Waals surface area contributed by atoms with Crippen molar-refractivity contribution in [3.8, 4) is 0 Å². The van der Waals surface area contributed by atoms with E-state index in [1.165, 1.54) is 4.68 Å². The summed E-state index contributed by atoms with van der Waals surface area (Å²) in [5.41, 5.74) is 1.89. The zero-order chi connectivity index (χ0) is 17.8. The normalized spacial score (nSPS) is 12.1. The molecule has 1 N–H and O–H groups in total. The maximum Gasteiger partial charge on any atom is 0.277 e. The van der Waals surface area contributed by atoms with Crippen molar-refractivity contribution in [2.75, 3.05) is 0 Å². The average molecular weight is 336 g/mol. The summed E-state index contributed by atoms with van der Waals surface area (Å²) in [7, 11) is 0. The second-order valence-electron chi connectivity index (χ2n) is 6.05. The van der Waals surface area contributed by atoms with Crippen LogP contribution in [0.1, 0.15) is 36.2 Å². The first-order valence-electron chi connectivity index (χ1n) is 8.31. The van der Waals surface area contributed by atoms with Gasteiger partial charge in [0.25, 0.3) is 11.5 Å². The van der Waals surface area contributed by atoms with Crippen LogP contribution in [0, 0.1) is 0 Å². The van der Waals surface area contributed by atoms with Gasteiger partial charge in [-0.15, -0.1) is 5.10 Å². The Morgan fingerprint density at radius 3 is 2.60 bits per heavy atom. The van der Waals surface area contributed by atoms with E-state index in [4.69, 9.17) is 0 Å². The average Bonchev–Trinajstić information content (AvgIpc) is 2.64. The minimum Gasteiger partial charge on any atom is -0.350 e. The quantitative estimate of drug-likeness (QED) is 0.776. The Morgan fingerprint density at radius 1 is 1.16 bits per heavy atom. The smallest absolute Gasteiger partial charge is 0.277 e. The molecule has 1 aromatic heterocycles. The first-order chi connectivity index (χ1) is 12.1. The van der Waals surface area contributed by atoms with Crippen LogP contribution in [0.15, 0.2) is 53.3 Å². The summed E-state index contributed by atoms with van der Waals surface area (Å²) in [6.45, 7) is 4.30. The van der Waals surface area contributed by atoms with Gasteiger partial charge in [0, 0.05) is 11.6 Å². The molecule has 6 heteroatoms. The van der Waals surface area contributed by atoms with E-state index in [9.17, 15) is 9.59 Å². The minimum absolute atomic E-state index is 0.0939. The lowest BCUT2D eigenvalue weighted by atomic mass is 10.1. The van der Waals surface area contributed by atoms with Gasteiger partial charge in [0.05, 0.1) is 11.9 Å². The zero-order valence-corrected chi connectivity index (χ0v) is 14.3. The number of amides is 1. The van der Waals surface area contributed by atoms with Gasteiger partial charge in [0.1, 0.15) is 5.52 Å².